The highest BCUT2D eigenvalue weighted by Gasteiger charge is 2.25. The Morgan fingerprint density at radius 2 is 1.70 bits per heavy atom. The zero-order valence-electron chi connectivity index (χ0n) is 13.5. The summed E-state index contributed by atoms with van der Waals surface area (Å²) in [4.78, 5) is 28.8. The summed E-state index contributed by atoms with van der Waals surface area (Å²) in [6, 6.07) is 10.1. The number of carbonyl (C=O) groups excluding carboxylic acids is 2. The van der Waals surface area contributed by atoms with E-state index in [9.17, 15) is 9.59 Å². The van der Waals surface area contributed by atoms with Gasteiger partial charge in [-0.2, -0.15) is 0 Å². The molecule has 2 N–H and O–H groups in total. The highest BCUT2D eigenvalue weighted by atomic mass is 16.2. The zero-order valence-corrected chi connectivity index (χ0v) is 13.5. The average Bonchev–Trinajstić information content (AvgIpc) is 2.53. The van der Waals surface area contributed by atoms with Gasteiger partial charge < -0.3 is 10.6 Å². The molecule has 2 aromatic rings. The van der Waals surface area contributed by atoms with Crippen LogP contribution in [-0.4, -0.2) is 22.8 Å². The van der Waals surface area contributed by atoms with Gasteiger partial charge in [0, 0.05) is 23.6 Å². The van der Waals surface area contributed by atoms with Crippen LogP contribution in [0.3, 0.4) is 0 Å². The van der Waals surface area contributed by atoms with Gasteiger partial charge in [-0.05, 0) is 36.6 Å². The smallest absolute Gasteiger partial charge is 0.252 e. The number of benzene rings is 1. The number of carbonyl (C=O) groups is 2. The Labute approximate surface area is 136 Å². The maximum Gasteiger partial charge on any atom is 0.252 e. The zero-order chi connectivity index (χ0) is 16.8. The second-order valence-corrected chi connectivity index (χ2v) is 5.74. The Morgan fingerprint density at radius 1 is 1.04 bits per heavy atom. The van der Waals surface area contributed by atoms with Crippen LogP contribution in [0, 0.1) is 12.8 Å². The number of anilines is 1. The van der Waals surface area contributed by atoms with Crippen molar-refractivity contribution in [3.8, 4) is 0 Å². The molecule has 0 aliphatic carbocycles. The highest BCUT2D eigenvalue weighted by molar-refractivity contribution is 6.01. The second-order valence-electron chi connectivity index (χ2n) is 5.74. The Balaban J connectivity index is 2.11. The predicted octanol–water partition coefficient (Wildman–Crippen LogP) is 2.78. The first-order chi connectivity index (χ1) is 11.0. The lowest BCUT2D eigenvalue weighted by atomic mass is 10.0. The van der Waals surface area contributed by atoms with Gasteiger partial charge in [0.2, 0.25) is 5.91 Å². The van der Waals surface area contributed by atoms with E-state index in [4.69, 9.17) is 0 Å². The third-order valence-electron chi connectivity index (χ3n) is 3.57. The Morgan fingerprint density at radius 3 is 2.30 bits per heavy atom. The van der Waals surface area contributed by atoms with Crippen molar-refractivity contribution in [2.45, 2.75) is 26.8 Å². The molecular weight excluding hydrogens is 290 g/mol. The molecule has 1 aromatic heterocycles. The molecule has 0 aliphatic rings. The topological polar surface area (TPSA) is 71.1 Å². The van der Waals surface area contributed by atoms with Crippen molar-refractivity contribution in [1.82, 2.24) is 10.3 Å². The number of hydrogen-bond acceptors (Lipinski definition) is 3. The van der Waals surface area contributed by atoms with Crippen molar-refractivity contribution >= 4 is 17.5 Å². The lowest BCUT2D eigenvalue weighted by Gasteiger charge is -2.22. The average molecular weight is 311 g/mol. The van der Waals surface area contributed by atoms with Crippen LogP contribution in [0.1, 0.15) is 29.8 Å². The van der Waals surface area contributed by atoms with Gasteiger partial charge in [0.05, 0.1) is 0 Å². The fourth-order valence-electron chi connectivity index (χ4n) is 2.24. The molecule has 0 aliphatic heterocycles. The van der Waals surface area contributed by atoms with E-state index >= 15 is 0 Å². The number of nitrogens with zero attached hydrogens (tertiary/aromatic N) is 1. The number of pyridine rings is 1. The molecule has 23 heavy (non-hydrogen) atoms. The summed E-state index contributed by atoms with van der Waals surface area (Å²) in [5, 5.41) is 5.63. The van der Waals surface area contributed by atoms with E-state index in [2.05, 4.69) is 15.6 Å². The van der Waals surface area contributed by atoms with Crippen LogP contribution in [0.5, 0.6) is 0 Å². The first kappa shape index (κ1) is 16.7. The molecule has 1 aromatic carbocycles. The number of hydrogen-bond donors (Lipinski definition) is 2. The predicted molar refractivity (Wildman–Crippen MR) is 90.1 cm³/mol. The Kier molecular flexibility index (Phi) is 5.46. The molecule has 0 radical (unpaired) electrons. The van der Waals surface area contributed by atoms with E-state index in [1.54, 1.807) is 30.6 Å². The van der Waals surface area contributed by atoms with Crippen LogP contribution in [0.4, 0.5) is 5.69 Å². The van der Waals surface area contributed by atoms with Crippen LogP contribution in [0.25, 0.3) is 0 Å². The van der Waals surface area contributed by atoms with Crippen molar-refractivity contribution < 1.29 is 9.59 Å². The molecule has 0 fully saturated rings. The highest BCUT2D eigenvalue weighted by Crippen LogP contribution is 2.11. The van der Waals surface area contributed by atoms with Gasteiger partial charge in [-0.15, -0.1) is 0 Å². The minimum atomic E-state index is -0.615. The first-order valence-electron chi connectivity index (χ1n) is 7.56. The van der Waals surface area contributed by atoms with Crippen LogP contribution < -0.4 is 10.6 Å². The minimum Gasteiger partial charge on any atom is -0.340 e. The van der Waals surface area contributed by atoms with E-state index in [-0.39, 0.29) is 17.7 Å². The summed E-state index contributed by atoms with van der Waals surface area (Å²) < 4.78 is 0. The van der Waals surface area contributed by atoms with Crippen molar-refractivity contribution in [2.24, 2.45) is 5.92 Å². The van der Waals surface area contributed by atoms with E-state index in [1.165, 1.54) is 0 Å². The molecule has 1 heterocycles. The quantitative estimate of drug-likeness (QED) is 0.892. The Hall–Kier alpha value is -2.69. The molecular formula is C18H21N3O2. The monoisotopic (exact) mass is 311 g/mol. The fraction of sp³-hybridized carbons (Fsp3) is 0.278. The Bertz CT molecular complexity index is 684. The van der Waals surface area contributed by atoms with Crippen LogP contribution >= 0.6 is 0 Å². The number of rotatable bonds is 5. The SMILES string of the molecule is Cc1ccccc1C(=O)NC(C(=O)Nc1ccncc1)C(C)C. The minimum absolute atomic E-state index is 0.0372. The van der Waals surface area contributed by atoms with Crippen molar-refractivity contribution in [3.05, 3.63) is 59.9 Å². The molecule has 5 nitrogen and oxygen atoms in total. The van der Waals surface area contributed by atoms with Gasteiger partial charge in [0.15, 0.2) is 0 Å². The van der Waals surface area contributed by atoms with Gasteiger partial charge in [0.1, 0.15) is 6.04 Å². The lowest BCUT2D eigenvalue weighted by molar-refractivity contribution is -0.118. The van der Waals surface area contributed by atoms with E-state index in [0.29, 0.717) is 11.3 Å². The first-order valence-corrected chi connectivity index (χ1v) is 7.56. The molecule has 5 heteroatoms. The standard InChI is InChI=1S/C18H21N3O2/c1-12(2)16(18(23)20-14-8-10-19-11-9-14)21-17(22)15-7-5-4-6-13(15)3/h4-12,16H,1-3H3,(H,21,22)(H,19,20,23). The number of nitrogens with one attached hydrogen (secondary N) is 2. The van der Waals surface area contributed by atoms with Gasteiger partial charge in [-0.1, -0.05) is 32.0 Å². The molecule has 0 saturated carbocycles. The van der Waals surface area contributed by atoms with Crippen molar-refractivity contribution in [1.29, 1.82) is 0 Å². The third kappa shape index (κ3) is 4.39. The van der Waals surface area contributed by atoms with Crippen LogP contribution in [0.2, 0.25) is 0 Å². The maximum absolute atomic E-state index is 12.5. The van der Waals surface area contributed by atoms with E-state index < -0.39 is 6.04 Å². The van der Waals surface area contributed by atoms with Crippen molar-refractivity contribution in [3.63, 3.8) is 0 Å². The van der Waals surface area contributed by atoms with Gasteiger partial charge in [0.25, 0.3) is 5.91 Å². The number of aryl methyl sites for hydroxylation is 1. The molecule has 0 bridgehead atoms. The maximum atomic E-state index is 12.5. The number of amides is 2. The van der Waals surface area contributed by atoms with E-state index in [1.807, 2.05) is 39.0 Å². The van der Waals surface area contributed by atoms with Crippen LogP contribution in [-0.2, 0) is 4.79 Å². The summed E-state index contributed by atoms with van der Waals surface area (Å²) in [5.41, 5.74) is 2.11. The molecule has 0 saturated heterocycles. The normalized spacial score (nSPS) is 11.8. The summed E-state index contributed by atoms with van der Waals surface area (Å²) in [6.07, 6.45) is 3.21. The molecule has 2 amide bonds. The van der Waals surface area contributed by atoms with Crippen LogP contribution in [0.15, 0.2) is 48.8 Å². The molecule has 0 spiro atoms. The summed E-state index contributed by atoms with van der Waals surface area (Å²) in [5.74, 6) is -0.524. The number of aromatic nitrogens is 1. The fourth-order valence-corrected chi connectivity index (χ4v) is 2.24. The van der Waals surface area contributed by atoms with Gasteiger partial charge in [-0.3, -0.25) is 14.6 Å². The van der Waals surface area contributed by atoms with Gasteiger partial charge >= 0.3 is 0 Å². The largest absolute Gasteiger partial charge is 0.340 e. The molecule has 120 valence electrons. The second kappa shape index (κ2) is 7.54. The molecule has 1 atom stereocenters. The lowest BCUT2D eigenvalue weighted by Crippen LogP contribution is -2.47. The van der Waals surface area contributed by atoms with Crippen molar-refractivity contribution in [2.75, 3.05) is 5.32 Å². The summed E-state index contributed by atoms with van der Waals surface area (Å²) >= 11 is 0. The summed E-state index contributed by atoms with van der Waals surface area (Å²) in [7, 11) is 0. The van der Waals surface area contributed by atoms with E-state index in [0.717, 1.165) is 5.56 Å². The molecule has 2 rings (SSSR count). The van der Waals surface area contributed by atoms with Gasteiger partial charge in [-0.25, -0.2) is 0 Å². The molecule has 1 unspecified atom stereocenters. The third-order valence-corrected chi connectivity index (χ3v) is 3.57. The summed E-state index contributed by atoms with van der Waals surface area (Å²) in [6.45, 7) is 5.67.